The Bertz CT molecular complexity index is 944. The normalized spacial score (nSPS) is 18.0. The van der Waals surface area contributed by atoms with Crippen molar-refractivity contribution in [1.29, 1.82) is 0 Å². The quantitative estimate of drug-likeness (QED) is 0.692. The third kappa shape index (κ3) is 3.65. The summed E-state index contributed by atoms with van der Waals surface area (Å²) in [5, 5.41) is 14.5. The van der Waals surface area contributed by atoms with Crippen molar-refractivity contribution in [3.8, 4) is 5.75 Å². The van der Waals surface area contributed by atoms with Gasteiger partial charge in [-0.2, -0.15) is 4.98 Å². The smallest absolute Gasteiger partial charge is 0.263 e. The fourth-order valence-electron chi connectivity index (χ4n) is 3.87. The Kier molecular flexibility index (Phi) is 5.40. The maximum atomic E-state index is 9.61. The van der Waals surface area contributed by atoms with Crippen molar-refractivity contribution in [2.24, 2.45) is 0 Å². The number of aryl methyl sites for hydroxylation is 1. The third-order valence-electron chi connectivity index (χ3n) is 5.31. The lowest BCUT2D eigenvalue weighted by Crippen LogP contribution is -2.53. The van der Waals surface area contributed by atoms with Gasteiger partial charge in [-0.3, -0.25) is 4.90 Å². The summed E-state index contributed by atoms with van der Waals surface area (Å²) < 4.78 is 10.6. The van der Waals surface area contributed by atoms with Crippen molar-refractivity contribution in [2.45, 2.75) is 25.9 Å². The van der Waals surface area contributed by atoms with Crippen LogP contribution < -0.4 is 9.64 Å². The maximum Gasteiger partial charge on any atom is 0.263 e. The Morgan fingerprint density at radius 2 is 2.18 bits per heavy atom. The molecule has 28 heavy (non-hydrogen) atoms. The molecule has 8 heteroatoms. The highest BCUT2D eigenvalue weighted by atomic mass is 16.5. The first-order valence-electron chi connectivity index (χ1n) is 9.49. The summed E-state index contributed by atoms with van der Waals surface area (Å²) >= 11 is 0. The van der Waals surface area contributed by atoms with Crippen LogP contribution in [-0.4, -0.2) is 64.5 Å². The predicted octanol–water partition coefficient (Wildman–Crippen LogP) is 2.01. The van der Waals surface area contributed by atoms with Gasteiger partial charge in [0.25, 0.3) is 5.71 Å². The SMILES string of the molecule is COc1cccc(CN2CCN(c3ncnc4onc(C)c34)C[C@H]2CCO)c1. The molecular weight excluding hydrogens is 358 g/mol. The lowest BCUT2D eigenvalue weighted by molar-refractivity contribution is 0.135. The van der Waals surface area contributed by atoms with Gasteiger partial charge in [0.1, 0.15) is 23.3 Å². The highest BCUT2D eigenvalue weighted by Crippen LogP contribution is 2.28. The van der Waals surface area contributed by atoms with Crippen molar-refractivity contribution in [2.75, 3.05) is 38.3 Å². The highest BCUT2D eigenvalue weighted by molar-refractivity contribution is 5.87. The number of methoxy groups -OCH3 is 1. The van der Waals surface area contributed by atoms with Crippen LogP contribution in [-0.2, 0) is 6.54 Å². The number of fused-ring (bicyclic) bond motifs is 1. The summed E-state index contributed by atoms with van der Waals surface area (Å²) in [6.07, 6.45) is 2.23. The summed E-state index contributed by atoms with van der Waals surface area (Å²) in [5.74, 6) is 1.72. The fraction of sp³-hybridized carbons (Fsp3) is 0.450. The number of ether oxygens (including phenoxy) is 1. The summed E-state index contributed by atoms with van der Waals surface area (Å²) in [7, 11) is 1.68. The lowest BCUT2D eigenvalue weighted by Gasteiger charge is -2.42. The number of hydrogen-bond donors (Lipinski definition) is 1. The zero-order valence-electron chi connectivity index (χ0n) is 16.2. The number of hydrogen-bond acceptors (Lipinski definition) is 8. The van der Waals surface area contributed by atoms with Crippen molar-refractivity contribution >= 4 is 16.9 Å². The van der Waals surface area contributed by atoms with Gasteiger partial charge in [-0.1, -0.05) is 17.3 Å². The number of aliphatic hydroxyl groups excluding tert-OH is 1. The largest absolute Gasteiger partial charge is 0.497 e. The molecule has 4 rings (SSSR count). The van der Waals surface area contributed by atoms with Crippen LogP contribution in [0.3, 0.4) is 0 Å². The minimum absolute atomic E-state index is 0.151. The van der Waals surface area contributed by atoms with E-state index in [4.69, 9.17) is 9.26 Å². The molecule has 8 nitrogen and oxygen atoms in total. The zero-order valence-corrected chi connectivity index (χ0v) is 16.2. The maximum absolute atomic E-state index is 9.61. The Balaban J connectivity index is 1.55. The van der Waals surface area contributed by atoms with E-state index in [0.717, 1.165) is 48.8 Å². The molecule has 0 saturated carbocycles. The molecule has 1 atom stereocenters. The third-order valence-corrected chi connectivity index (χ3v) is 5.31. The van der Waals surface area contributed by atoms with E-state index in [1.807, 2.05) is 19.1 Å². The molecule has 1 N–H and O–H groups in total. The molecule has 0 unspecified atom stereocenters. The van der Waals surface area contributed by atoms with Crippen LogP contribution in [0.1, 0.15) is 17.7 Å². The van der Waals surface area contributed by atoms with E-state index in [1.165, 1.54) is 11.9 Å². The van der Waals surface area contributed by atoms with E-state index >= 15 is 0 Å². The van der Waals surface area contributed by atoms with Crippen LogP contribution in [0.4, 0.5) is 5.82 Å². The van der Waals surface area contributed by atoms with E-state index in [9.17, 15) is 5.11 Å². The van der Waals surface area contributed by atoms with Crippen LogP contribution in [0.25, 0.3) is 11.1 Å². The van der Waals surface area contributed by atoms with E-state index in [0.29, 0.717) is 12.1 Å². The molecule has 148 valence electrons. The van der Waals surface area contributed by atoms with Crippen LogP contribution in [0.15, 0.2) is 35.1 Å². The molecule has 2 aromatic heterocycles. The number of benzene rings is 1. The molecular formula is C20H25N5O3. The Labute approximate surface area is 163 Å². The van der Waals surface area contributed by atoms with E-state index < -0.39 is 0 Å². The molecule has 1 aliphatic rings. The van der Waals surface area contributed by atoms with Gasteiger partial charge < -0.3 is 19.3 Å². The van der Waals surface area contributed by atoms with Crippen LogP contribution in [0.2, 0.25) is 0 Å². The van der Waals surface area contributed by atoms with Crippen LogP contribution >= 0.6 is 0 Å². The van der Waals surface area contributed by atoms with Gasteiger partial charge in [0.05, 0.1) is 12.8 Å². The monoisotopic (exact) mass is 383 g/mol. The Morgan fingerprint density at radius 3 is 3.00 bits per heavy atom. The summed E-state index contributed by atoms with van der Waals surface area (Å²) in [5.41, 5.74) is 2.51. The average molecular weight is 383 g/mol. The van der Waals surface area contributed by atoms with Crippen molar-refractivity contribution in [1.82, 2.24) is 20.0 Å². The van der Waals surface area contributed by atoms with Gasteiger partial charge in [0.2, 0.25) is 0 Å². The number of anilines is 1. The molecule has 1 aromatic carbocycles. The van der Waals surface area contributed by atoms with Gasteiger partial charge in [-0.25, -0.2) is 4.98 Å². The molecule has 1 saturated heterocycles. The second-order valence-electron chi connectivity index (χ2n) is 7.08. The molecule has 0 spiro atoms. The first-order valence-corrected chi connectivity index (χ1v) is 9.49. The van der Waals surface area contributed by atoms with Crippen LogP contribution in [0.5, 0.6) is 5.75 Å². The number of nitrogens with zero attached hydrogens (tertiary/aromatic N) is 5. The minimum Gasteiger partial charge on any atom is -0.497 e. The number of piperazine rings is 1. The summed E-state index contributed by atoms with van der Waals surface area (Å²) in [4.78, 5) is 13.3. The lowest BCUT2D eigenvalue weighted by atomic mass is 10.1. The molecule has 3 aromatic rings. The second-order valence-corrected chi connectivity index (χ2v) is 7.08. The zero-order chi connectivity index (χ0) is 19.5. The number of aromatic nitrogens is 3. The van der Waals surface area contributed by atoms with Gasteiger partial charge in [-0.15, -0.1) is 0 Å². The first-order chi connectivity index (χ1) is 13.7. The molecule has 0 bridgehead atoms. The fourth-order valence-corrected chi connectivity index (χ4v) is 3.87. The van der Waals surface area contributed by atoms with E-state index in [2.05, 4.69) is 37.1 Å². The molecule has 1 fully saturated rings. The number of aliphatic hydroxyl groups is 1. The van der Waals surface area contributed by atoms with E-state index in [1.54, 1.807) is 7.11 Å². The Hall–Kier alpha value is -2.71. The topological polar surface area (TPSA) is 87.8 Å². The molecule has 0 amide bonds. The van der Waals surface area contributed by atoms with Gasteiger partial charge in [-0.05, 0) is 31.0 Å². The van der Waals surface area contributed by atoms with Gasteiger partial charge in [0, 0.05) is 38.8 Å². The Morgan fingerprint density at radius 1 is 1.29 bits per heavy atom. The summed E-state index contributed by atoms with van der Waals surface area (Å²) in [6.45, 7) is 5.37. The van der Waals surface area contributed by atoms with Crippen LogP contribution in [0, 0.1) is 6.92 Å². The molecule has 1 aliphatic heterocycles. The van der Waals surface area contributed by atoms with Crippen molar-refractivity contribution in [3.05, 3.63) is 41.9 Å². The van der Waals surface area contributed by atoms with Crippen molar-refractivity contribution < 1.29 is 14.4 Å². The molecule has 0 radical (unpaired) electrons. The van der Waals surface area contributed by atoms with E-state index in [-0.39, 0.29) is 12.6 Å². The molecule has 3 heterocycles. The first kappa shape index (κ1) is 18.6. The van der Waals surface area contributed by atoms with Crippen molar-refractivity contribution in [3.63, 3.8) is 0 Å². The standard InChI is InChI=1S/C20H25N5O3/c1-14-18-19(21-13-22-20(18)28-23-14)25-8-7-24(16(12-25)6-9-26)11-15-4-3-5-17(10-15)27-2/h3-5,10,13,16,26H,6-9,11-12H2,1-2H3/t16-/m1/s1. The molecule has 0 aliphatic carbocycles. The minimum atomic E-state index is 0.151. The average Bonchev–Trinajstić information content (AvgIpc) is 3.11. The van der Waals surface area contributed by atoms with Gasteiger partial charge >= 0.3 is 0 Å². The summed E-state index contributed by atoms with van der Waals surface area (Å²) in [6, 6.07) is 8.36. The second kappa shape index (κ2) is 8.12. The highest BCUT2D eigenvalue weighted by Gasteiger charge is 2.29. The number of rotatable bonds is 6. The predicted molar refractivity (Wildman–Crippen MR) is 105 cm³/mol. The van der Waals surface area contributed by atoms with Gasteiger partial charge in [0.15, 0.2) is 0 Å².